The molecule has 121 heavy (non-hydrogen) atoms. The van der Waals surface area contributed by atoms with E-state index in [4.69, 9.17) is 0 Å². The highest BCUT2D eigenvalue weighted by Gasteiger charge is 2.19. The number of benzene rings is 8. The first-order chi connectivity index (χ1) is 57.1. The van der Waals surface area contributed by atoms with Gasteiger partial charge in [-0.15, -0.1) is 0 Å². The van der Waals surface area contributed by atoms with Crippen LogP contribution in [0, 0.1) is 0 Å². The summed E-state index contributed by atoms with van der Waals surface area (Å²) in [6.45, 7) is 72.8. The lowest BCUT2D eigenvalue weighted by Crippen LogP contribution is -2.11. The normalized spacial score (nSPS) is 12.0. The summed E-state index contributed by atoms with van der Waals surface area (Å²) in [6.07, 6.45) is 16.1. The second kappa shape index (κ2) is 41.5. The SMILES string of the molecule is CC(C)c1ccc2c(c1)ncn2C(C)C.CC(C)c1ccc2c(ccn2C(C)C)c1.CC(C)c1ccc2c(cnn2C(C)C)c1.CC(C)c1ccc2ncn(C(C)C)c2c1.CC(C)c1cccc2c1ccn2C(C)C.CC(C)c1cccc2c1cnn2C(C)C.CC(C)c1cccc2c1ncn2C(C)C.CC(C)n1ncc2ccc(C(C)(C)C)cc21. The van der Waals surface area contributed by atoms with Gasteiger partial charge in [0.2, 0.25) is 0 Å². The number of hydrogen-bond donors (Lipinski definition) is 0. The van der Waals surface area contributed by atoms with Gasteiger partial charge in [-0.3, -0.25) is 14.0 Å². The molecule has 0 atom stereocenters. The standard InChI is InChI=1S/C14H20N2.2C14H19N.5C13H18N2/c1-10(2)16-13-8-12(14(3,4)5)7-6-11(13)9-15-16;1-10(2)12-5-6-14-13(9-12)7-8-15(14)11(3)4;1-10(2)12-6-5-7-14-13(12)8-9-15(14)11(3)4;1-9(2)11-5-6-13-12(7-11)14-8-15(13)10(3)4;1-9(2)11-5-6-13-12(7-11)8-14-15(13)10(3)4;1-9(2)11-5-6-12-13(7-11)15(8-14-12)10(3)4;1-9(2)11-6-5-7-13-12(11)8-14-15(13)10(3)4;1-9(2)11-6-5-7-12-13(11)14-8-15(12)10(3)4/h6-10H,1-5H3;2*5-11H,1-4H3;5*5-10H,1-4H3. The van der Waals surface area contributed by atoms with Crippen LogP contribution >= 0.6 is 0 Å². The molecule has 0 radical (unpaired) electrons. The summed E-state index contributed by atoms with van der Waals surface area (Å²) in [5, 5.41) is 19.8. The Balaban J connectivity index is 0.000000157. The largest absolute Gasteiger partial charge is 0.345 e. The first kappa shape index (κ1) is 94.5. The summed E-state index contributed by atoms with van der Waals surface area (Å²) in [5.74, 6) is 4.01. The molecule has 8 aromatic heterocycles. The molecule has 16 aromatic rings. The maximum absolute atomic E-state index is 4.52. The molecule has 14 nitrogen and oxygen atoms in total. The third-order valence-corrected chi connectivity index (χ3v) is 22.9. The molecule has 0 fully saturated rings. The van der Waals surface area contributed by atoms with Crippen molar-refractivity contribution in [2.24, 2.45) is 0 Å². The maximum Gasteiger partial charge on any atom is 0.0960 e. The van der Waals surface area contributed by atoms with Crippen LogP contribution in [0.15, 0.2) is 208 Å². The van der Waals surface area contributed by atoms with Crippen LogP contribution in [0.3, 0.4) is 0 Å². The van der Waals surface area contributed by atoms with E-state index in [0.29, 0.717) is 89.8 Å². The Morgan fingerprint density at radius 1 is 0.248 bits per heavy atom. The number of imidazole rings is 3. The van der Waals surface area contributed by atoms with E-state index < -0.39 is 0 Å². The van der Waals surface area contributed by atoms with E-state index in [1.54, 1.807) is 0 Å². The lowest BCUT2D eigenvalue weighted by atomic mass is 9.87. The van der Waals surface area contributed by atoms with Crippen molar-refractivity contribution in [3.05, 3.63) is 252 Å². The van der Waals surface area contributed by atoms with Crippen molar-refractivity contribution in [2.75, 3.05) is 0 Å². The van der Waals surface area contributed by atoms with Gasteiger partial charge in [-0.05, 0) is 292 Å². The average Bonchev–Trinajstić information content (AvgIpc) is 1.69. The summed E-state index contributed by atoms with van der Waals surface area (Å²) >= 11 is 0. The lowest BCUT2D eigenvalue weighted by Gasteiger charge is -2.19. The molecular formula is C107H148N14. The van der Waals surface area contributed by atoms with Crippen molar-refractivity contribution in [1.29, 1.82) is 0 Å². The van der Waals surface area contributed by atoms with Gasteiger partial charge >= 0.3 is 0 Å². The fourth-order valence-corrected chi connectivity index (χ4v) is 15.5. The third kappa shape index (κ3) is 23.1. The number of aromatic nitrogens is 14. The lowest BCUT2D eigenvalue weighted by molar-refractivity contribution is 0.548. The smallest absolute Gasteiger partial charge is 0.0960 e. The molecule has 646 valence electrons. The highest BCUT2D eigenvalue weighted by Crippen LogP contribution is 2.34. The van der Waals surface area contributed by atoms with Gasteiger partial charge in [0, 0.05) is 93.3 Å². The zero-order chi connectivity index (χ0) is 88.9. The highest BCUT2D eigenvalue weighted by atomic mass is 15.3. The van der Waals surface area contributed by atoms with Gasteiger partial charge in [-0.1, -0.05) is 190 Å². The fraction of sp³-hybridized carbons (Fsp3) is 0.458. The second-order valence-corrected chi connectivity index (χ2v) is 38.4. The minimum Gasteiger partial charge on any atom is -0.345 e. The summed E-state index contributed by atoms with van der Waals surface area (Å²) in [5.41, 5.74) is 24.8. The molecule has 0 saturated carbocycles. The third-order valence-electron chi connectivity index (χ3n) is 22.9. The summed E-state index contributed by atoms with van der Waals surface area (Å²) < 4.78 is 17.5. The van der Waals surface area contributed by atoms with Crippen LogP contribution in [0.4, 0.5) is 0 Å². The Morgan fingerprint density at radius 3 is 1.18 bits per heavy atom. The first-order valence-electron chi connectivity index (χ1n) is 45.1. The Kier molecular flexibility index (Phi) is 32.4. The van der Waals surface area contributed by atoms with Crippen LogP contribution < -0.4 is 0 Å². The van der Waals surface area contributed by atoms with Gasteiger partial charge in [0.15, 0.2) is 0 Å². The van der Waals surface area contributed by atoms with E-state index in [1.807, 2.05) is 37.6 Å². The van der Waals surface area contributed by atoms with Gasteiger partial charge < -0.3 is 22.8 Å². The number of para-hydroxylation sites is 1. The Morgan fingerprint density at radius 2 is 0.653 bits per heavy atom. The number of fused-ring (bicyclic) bond motifs is 8. The number of rotatable bonds is 15. The predicted octanol–water partition coefficient (Wildman–Crippen LogP) is 31.3. The number of nitrogens with zero attached hydrogens (tertiary/aromatic N) is 14. The summed E-state index contributed by atoms with van der Waals surface area (Å²) in [6, 6.07) is 60.9. The molecule has 0 aliphatic carbocycles. The van der Waals surface area contributed by atoms with Crippen LogP contribution in [0.2, 0.25) is 0 Å². The van der Waals surface area contributed by atoms with E-state index >= 15 is 0 Å². The van der Waals surface area contributed by atoms with Crippen molar-refractivity contribution in [3.8, 4) is 0 Å². The zero-order valence-corrected chi connectivity index (χ0v) is 80.1. The molecule has 0 aliphatic rings. The van der Waals surface area contributed by atoms with Crippen molar-refractivity contribution in [1.82, 2.24) is 67.1 Å². The average molecular weight is 1630 g/mol. The fourth-order valence-electron chi connectivity index (χ4n) is 15.5. The molecule has 0 spiro atoms. The molecule has 0 amide bonds. The van der Waals surface area contributed by atoms with Gasteiger partial charge in [-0.25, -0.2) is 15.0 Å². The molecule has 0 unspecified atom stereocenters. The van der Waals surface area contributed by atoms with E-state index in [1.165, 1.54) is 116 Å². The minimum absolute atomic E-state index is 0.195. The molecule has 0 saturated heterocycles. The monoisotopic (exact) mass is 1630 g/mol. The van der Waals surface area contributed by atoms with Gasteiger partial charge in [-0.2, -0.15) is 15.3 Å². The minimum atomic E-state index is 0.195. The van der Waals surface area contributed by atoms with Crippen LogP contribution in [-0.2, 0) is 5.41 Å². The van der Waals surface area contributed by atoms with E-state index in [9.17, 15) is 0 Å². The van der Waals surface area contributed by atoms with Crippen LogP contribution in [0.5, 0.6) is 0 Å². The molecule has 0 aliphatic heterocycles. The Labute approximate surface area is 726 Å². The zero-order valence-electron chi connectivity index (χ0n) is 80.1. The Hall–Kier alpha value is -10.3. The van der Waals surface area contributed by atoms with E-state index in [2.05, 4.69) is 466 Å². The van der Waals surface area contributed by atoms with Crippen molar-refractivity contribution in [3.63, 3.8) is 0 Å². The number of hydrogen-bond acceptors (Lipinski definition) is 6. The summed E-state index contributed by atoms with van der Waals surface area (Å²) in [4.78, 5) is 13.4. The molecule has 14 heteroatoms. The van der Waals surface area contributed by atoms with Gasteiger partial charge in [0.1, 0.15) is 0 Å². The van der Waals surface area contributed by atoms with Crippen LogP contribution in [0.25, 0.3) is 87.6 Å². The van der Waals surface area contributed by atoms with Crippen molar-refractivity contribution < 1.29 is 0 Å². The molecule has 0 N–H and O–H groups in total. The van der Waals surface area contributed by atoms with Crippen molar-refractivity contribution in [2.45, 2.75) is 324 Å². The van der Waals surface area contributed by atoms with Gasteiger partial charge in [0.25, 0.3) is 0 Å². The van der Waals surface area contributed by atoms with Crippen LogP contribution in [-0.4, -0.2) is 67.1 Å². The quantitative estimate of drug-likeness (QED) is 0.101. The van der Waals surface area contributed by atoms with E-state index in [0.717, 1.165) is 16.6 Å². The first-order valence-corrected chi connectivity index (χ1v) is 45.1. The molecule has 8 aromatic carbocycles. The molecule has 0 bridgehead atoms. The second-order valence-electron chi connectivity index (χ2n) is 38.4. The maximum atomic E-state index is 4.52. The summed E-state index contributed by atoms with van der Waals surface area (Å²) in [7, 11) is 0. The molecule has 8 heterocycles. The highest BCUT2D eigenvalue weighted by molar-refractivity contribution is 5.86. The Bertz CT molecular complexity index is 5490. The van der Waals surface area contributed by atoms with E-state index in [-0.39, 0.29) is 5.41 Å². The van der Waals surface area contributed by atoms with Gasteiger partial charge in [0.05, 0.1) is 87.2 Å². The topological polar surface area (TPSA) is 117 Å². The molecule has 16 rings (SSSR count). The molecular weight excluding hydrogens is 1480 g/mol. The van der Waals surface area contributed by atoms with Crippen LogP contribution in [0.1, 0.15) is 363 Å². The van der Waals surface area contributed by atoms with Crippen molar-refractivity contribution >= 4 is 87.6 Å². The predicted molar refractivity (Wildman–Crippen MR) is 523 cm³/mol.